The van der Waals surface area contributed by atoms with Gasteiger partial charge in [0.05, 0.1) is 11.0 Å². The van der Waals surface area contributed by atoms with Gasteiger partial charge in [0.1, 0.15) is 0 Å². The van der Waals surface area contributed by atoms with Crippen molar-refractivity contribution in [3.63, 3.8) is 0 Å². The monoisotopic (exact) mass is 297 g/mol. The topological polar surface area (TPSA) is 57.6 Å². The van der Waals surface area contributed by atoms with Crippen molar-refractivity contribution in [1.82, 2.24) is 4.31 Å². The van der Waals surface area contributed by atoms with E-state index in [4.69, 9.17) is 0 Å². The van der Waals surface area contributed by atoms with E-state index >= 15 is 0 Å². The van der Waals surface area contributed by atoms with Crippen LogP contribution in [0.3, 0.4) is 0 Å². The van der Waals surface area contributed by atoms with E-state index in [1.165, 1.54) is 17.6 Å². The van der Waals surface area contributed by atoms with E-state index in [0.717, 1.165) is 5.56 Å². The maximum Gasteiger partial charge on any atom is 0.263 e. The predicted octanol–water partition coefficient (Wildman–Crippen LogP) is 2.54. The first-order valence-corrected chi connectivity index (χ1v) is 8.14. The van der Waals surface area contributed by atoms with Gasteiger partial charge in [-0.05, 0) is 25.5 Å². The van der Waals surface area contributed by atoms with Gasteiger partial charge >= 0.3 is 0 Å². The van der Waals surface area contributed by atoms with Crippen LogP contribution in [0.1, 0.15) is 25.8 Å². The van der Waals surface area contributed by atoms with Gasteiger partial charge in [-0.25, -0.2) is 8.42 Å². The molecule has 0 saturated carbocycles. The molecule has 4 nitrogen and oxygen atoms in total. The molecule has 0 aromatic heterocycles. The van der Waals surface area contributed by atoms with Gasteiger partial charge in [-0.15, -0.1) is 0 Å². The van der Waals surface area contributed by atoms with E-state index in [-0.39, 0.29) is 10.8 Å². The summed E-state index contributed by atoms with van der Waals surface area (Å²) in [6.07, 6.45) is 3.39. The fraction of sp³-hybridized carbons (Fsp3) is 0.467. The van der Waals surface area contributed by atoms with E-state index in [1.807, 2.05) is 20.8 Å². The fourth-order valence-electron chi connectivity index (χ4n) is 1.71. The first-order chi connectivity index (χ1) is 9.28. The standard InChI is InChI=1S/C15H23NO3S/c1-5-15(17)13(3)10-11-16(4)20(18,19)14-8-6-12(2)7-9-14/h6-11,13,15,17H,5H2,1-4H3/b11-10-/t13-,15+/m1/s1. The van der Waals surface area contributed by atoms with E-state index < -0.39 is 16.1 Å². The molecule has 0 spiro atoms. The van der Waals surface area contributed by atoms with Crippen LogP contribution in [0, 0.1) is 12.8 Å². The van der Waals surface area contributed by atoms with Crippen molar-refractivity contribution >= 4 is 10.0 Å². The highest BCUT2D eigenvalue weighted by molar-refractivity contribution is 7.89. The third-order valence-electron chi connectivity index (χ3n) is 3.32. The highest BCUT2D eigenvalue weighted by Gasteiger charge is 2.18. The molecule has 1 aromatic carbocycles. The molecule has 0 radical (unpaired) electrons. The Labute approximate surface area is 121 Å². The summed E-state index contributed by atoms with van der Waals surface area (Å²) in [4.78, 5) is 0.263. The summed E-state index contributed by atoms with van der Waals surface area (Å²) in [7, 11) is -2.02. The first-order valence-electron chi connectivity index (χ1n) is 6.70. The maximum absolute atomic E-state index is 12.3. The van der Waals surface area contributed by atoms with Crippen LogP contribution in [-0.4, -0.2) is 31.0 Å². The smallest absolute Gasteiger partial charge is 0.263 e. The van der Waals surface area contributed by atoms with Crippen molar-refractivity contribution in [2.75, 3.05) is 7.05 Å². The van der Waals surface area contributed by atoms with Gasteiger partial charge in [0.15, 0.2) is 0 Å². The van der Waals surface area contributed by atoms with Crippen molar-refractivity contribution in [2.45, 2.75) is 38.2 Å². The molecule has 0 aliphatic heterocycles. The number of aryl methyl sites for hydroxylation is 1. The summed E-state index contributed by atoms with van der Waals surface area (Å²) in [5, 5.41) is 9.67. The number of rotatable bonds is 6. The number of aliphatic hydroxyl groups is 1. The molecule has 0 bridgehead atoms. The molecule has 0 unspecified atom stereocenters. The van der Waals surface area contributed by atoms with E-state index in [2.05, 4.69) is 0 Å². The summed E-state index contributed by atoms with van der Waals surface area (Å²) in [6, 6.07) is 6.74. The lowest BCUT2D eigenvalue weighted by molar-refractivity contribution is 0.133. The summed E-state index contributed by atoms with van der Waals surface area (Å²) in [5.74, 6) is -0.0873. The van der Waals surface area contributed by atoms with E-state index in [1.54, 1.807) is 30.3 Å². The van der Waals surface area contributed by atoms with Crippen LogP contribution in [0.5, 0.6) is 0 Å². The molecule has 0 aliphatic rings. The third kappa shape index (κ3) is 4.08. The van der Waals surface area contributed by atoms with E-state index in [9.17, 15) is 13.5 Å². The second kappa shape index (κ2) is 6.90. The molecule has 1 aromatic rings. The average Bonchev–Trinajstić information content (AvgIpc) is 2.43. The molecule has 1 rings (SSSR count). The fourth-order valence-corrected chi connectivity index (χ4v) is 2.76. The third-order valence-corrected chi connectivity index (χ3v) is 5.07. The van der Waals surface area contributed by atoms with Crippen LogP contribution in [0.2, 0.25) is 0 Å². The van der Waals surface area contributed by atoms with Gasteiger partial charge in [0.2, 0.25) is 0 Å². The molecule has 1 N–H and O–H groups in total. The summed E-state index contributed by atoms with van der Waals surface area (Å²) in [5.41, 5.74) is 1.02. The maximum atomic E-state index is 12.3. The lowest BCUT2D eigenvalue weighted by Gasteiger charge is -2.17. The molecule has 0 aliphatic carbocycles. The van der Waals surface area contributed by atoms with Crippen LogP contribution in [0.15, 0.2) is 41.4 Å². The largest absolute Gasteiger partial charge is 0.393 e. The Balaban J connectivity index is 2.88. The first kappa shape index (κ1) is 16.7. The minimum absolute atomic E-state index is 0.0873. The van der Waals surface area contributed by atoms with Crippen LogP contribution >= 0.6 is 0 Å². The molecular formula is C15H23NO3S. The predicted molar refractivity (Wildman–Crippen MR) is 80.7 cm³/mol. The number of hydrogen-bond acceptors (Lipinski definition) is 3. The zero-order valence-corrected chi connectivity index (χ0v) is 13.3. The Morgan fingerprint density at radius 2 is 1.85 bits per heavy atom. The van der Waals surface area contributed by atoms with Crippen molar-refractivity contribution in [2.24, 2.45) is 5.92 Å². The lowest BCUT2D eigenvalue weighted by atomic mass is 10.0. The zero-order chi connectivity index (χ0) is 15.3. The Bertz CT molecular complexity index is 549. The summed E-state index contributed by atoms with van der Waals surface area (Å²) in [6.45, 7) is 5.66. The second-order valence-electron chi connectivity index (χ2n) is 5.01. The Kier molecular flexibility index (Phi) is 5.77. The highest BCUT2D eigenvalue weighted by Crippen LogP contribution is 2.16. The van der Waals surface area contributed by atoms with Crippen LogP contribution < -0.4 is 0 Å². The Hall–Kier alpha value is -1.33. The van der Waals surface area contributed by atoms with Crippen LogP contribution in [0.25, 0.3) is 0 Å². The molecular weight excluding hydrogens is 274 g/mol. The van der Waals surface area contributed by atoms with Crippen LogP contribution in [-0.2, 0) is 10.0 Å². The van der Waals surface area contributed by atoms with Gasteiger partial charge in [0, 0.05) is 19.2 Å². The van der Waals surface area contributed by atoms with Crippen LogP contribution in [0.4, 0.5) is 0 Å². The zero-order valence-electron chi connectivity index (χ0n) is 12.4. The van der Waals surface area contributed by atoms with Gasteiger partial charge in [0.25, 0.3) is 10.0 Å². The number of aliphatic hydroxyl groups excluding tert-OH is 1. The summed E-state index contributed by atoms with van der Waals surface area (Å²) >= 11 is 0. The molecule has 0 amide bonds. The van der Waals surface area contributed by atoms with Gasteiger partial charge in [-0.3, -0.25) is 4.31 Å². The highest BCUT2D eigenvalue weighted by atomic mass is 32.2. The van der Waals surface area contributed by atoms with Crippen molar-refractivity contribution in [3.8, 4) is 0 Å². The average molecular weight is 297 g/mol. The molecule has 2 atom stereocenters. The molecule has 5 heteroatoms. The second-order valence-corrected chi connectivity index (χ2v) is 7.01. The molecule has 0 saturated heterocycles. The number of benzene rings is 1. The quantitative estimate of drug-likeness (QED) is 0.878. The lowest BCUT2D eigenvalue weighted by Crippen LogP contribution is -2.22. The molecule has 20 heavy (non-hydrogen) atoms. The summed E-state index contributed by atoms with van der Waals surface area (Å²) < 4.78 is 25.8. The van der Waals surface area contributed by atoms with Crippen molar-refractivity contribution < 1.29 is 13.5 Å². The molecule has 0 fully saturated rings. The SMILES string of the molecule is CC[C@H](O)[C@H](C)/C=C\N(C)S(=O)(=O)c1ccc(C)cc1. The van der Waals surface area contributed by atoms with Gasteiger partial charge in [-0.2, -0.15) is 0 Å². The number of hydrogen-bond donors (Lipinski definition) is 1. The molecule has 0 heterocycles. The molecule has 112 valence electrons. The van der Waals surface area contributed by atoms with E-state index in [0.29, 0.717) is 6.42 Å². The minimum atomic E-state index is -3.52. The normalized spacial score (nSPS) is 15.2. The minimum Gasteiger partial charge on any atom is -0.393 e. The Morgan fingerprint density at radius 3 is 2.35 bits per heavy atom. The van der Waals surface area contributed by atoms with Gasteiger partial charge in [-0.1, -0.05) is 37.6 Å². The van der Waals surface area contributed by atoms with Crippen molar-refractivity contribution in [3.05, 3.63) is 42.1 Å². The van der Waals surface area contributed by atoms with Crippen molar-refractivity contribution in [1.29, 1.82) is 0 Å². The number of nitrogens with zero attached hydrogens (tertiary/aromatic N) is 1. The Morgan fingerprint density at radius 1 is 1.30 bits per heavy atom. The van der Waals surface area contributed by atoms with Gasteiger partial charge < -0.3 is 5.11 Å². The number of sulfonamides is 1.